The van der Waals surface area contributed by atoms with Crippen LogP contribution < -0.4 is 5.73 Å². The highest BCUT2D eigenvalue weighted by atomic mass is 35.5. The van der Waals surface area contributed by atoms with Crippen LogP contribution in [0.1, 0.15) is 12.5 Å². The summed E-state index contributed by atoms with van der Waals surface area (Å²) >= 11 is 0. The van der Waals surface area contributed by atoms with E-state index in [4.69, 9.17) is 5.73 Å². The van der Waals surface area contributed by atoms with Crippen LogP contribution in [0.15, 0.2) is 29.2 Å². The molecule has 1 unspecified atom stereocenters. The smallest absolute Gasteiger partial charge is 0.242 e. The predicted octanol–water partition coefficient (Wildman–Crippen LogP) is 1.25. The quantitative estimate of drug-likeness (QED) is 0.902. The Kier molecular flexibility index (Phi) is 6.12. The lowest BCUT2D eigenvalue weighted by Gasteiger charge is -2.12. The zero-order chi connectivity index (χ0) is 12.3. The van der Waals surface area contributed by atoms with E-state index in [0.29, 0.717) is 4.90 Å². The van der Waals surface area contributed by atoms with Crippen LogP contribution in [0, 0.1) is 0 Å². The molecule has 0 aliphatic rings. The second-order valence-corrected chi connectivity index (χ2v) is 6.26. The van der Waals surface area contributed by atoms with Crippen LogP contribution in [0.2, 0.25) is 0 Å². The Hall–Kier alpha value is -0.620. The first-order valence-electron chi connectivity index (χ1n) is 5.11. The van der Waals surface area contributed by atoms with E-state index in [0.717, 1.165) is 12.0 Å². The van der Waals surface area contributed by atoms with Crippen LogP contribution in [0.25, 0.3) is 0 Å². The van der Waals surface area contributed by atoms with Gasteiger partial charge in [-0.3, -0.25) is 0 Å². The van der Waals surface area contributed by atoms with E-state index in [9.17, 15) is 8.42 Å². The third-order valence-electron chi connectivity index (χ3n) is 2.26. The van der Waals surface area contributed by atoms with Crippen LogP contribution in [-0.2, 0) is 16.4 Å². The van der Waals surface area contributed by atoms with Crippen LogP contribution in [-0.4, -0.2) is 32.9 Å². The Morgan fingerprint density at radius 1 is 1.24 bits per heavy atom. The lowest BCUT2D eigenvalue weighted by Crippen LogP contribution is -2.22. The number of nitrogens with two attached hydrogens (primary N) is 1. The van der Waals surface area contributed by atoms with E-state index in [1.807, 2.05) is 6.92 Å². The number of halogens is 1. The summed E-state index contributed by atoms with van der Waals surface area (Å²) in [6, 6.07) is 6.93. The van der Waals surface area contributed by atoms with Crippen molar-refractivity contribution in [1.29, 1.82) is 0 Å². The molecule has 1 aromatic carbocycles. The second kappa shape index (κ2) is 6.35. The summed E-state index contributed by atoms with van der Waals surface area (Å²) in [4.78, 5) is 0.311. The van der Waals surface area contributed by atoms with Crippen molar-refractivity contribution < 1.29 is 8.42 Å². The van der Waals surface area contributed by atoms with Gasteiger partial charge >= 0.3 is 0 Å². The summed E-state index contributed by atoms with van der Waals surface area (Å²) in [7, 11) is -0.282. The number of benzene rings is 1. The molecule has 0 bridgehead atoms. The van der Waals surface area contributed by atoms with Gasteiger partial charge in [0.2, 0.25) is 10.0 Å². The molecule has 0 saturated carbocycles. The Morgan fingerprint density at radius 2 is 1.71 bits per heavy atom. The molecule has 0 fully saturated rings. The SMILES string of the molecule is CC(N)Cc1ccc(S(=O)(=O)N(C)C)cc1.Cl. The fourth-order valence-electron chi connectivity index (χ4n) is 1.38. The highest BCUT2D eigenvalue weighted by Gasteiger charge is 2.16. The number of sulfonamides is 1. The molecular weight excluding hydrogens is 260 g/mol. The molecule has 0 heterocycles. The summed E-state index contributed by atoms with van der Waals surface area (Å²) in [5, 5.41) is 0. The number of hydrogen-bond donors (Lipinski definition) is 1. The Labute approximate surface area is 109 Å². The maximum atomic E-state index is 11.8. The maximum absolute atomic E-state index is 11.8. The van der Waals surface area contributed by atoms with Crippen LogP contribution >= 0.6 is 12.4 Å². The van der Waals surface area contributed by atoms with Crippen molar-refractivity contribution in [3.05, 3.63) is 29.8 Å². The number of hydrogen-bond acceptors (Lipinski definition) is 3. The number of rotatable bonds is 4. The first-order chi connectivity index (χ1) is 7.34. The normalized spacial score (nSPS) is 13.2. The molecule has 0 spiro atoms. The fourth-order valence-corrected chi connectivity index (χ4v) is 2.28. The molecule has 0 amide bonds. The summed E-state index contributed by atoms with van der Waals surface area (Å²) in [5.41, 5.74) is 6.72. The largest absolute Gasteiger partial charge is 0.328 e. The number of nitrogens with zero attached hydrogens (tertiary/aromatic N) is 1. The summed E-state index contributed by atoms with van der Waals surface area (Å²) in [6.07, 6.45) is 0.752. The molecule has 6 heteroatoms. The van der Waals surface area contributed by atoms with E-state index in [1.54, 1.807) is 24.3 Å². The van der Waals surface area contributed by atoms with Crippen LogP contribution in [0.5, 0.6) is 0 Å². The molecule has 0 radical (unpaired) electrons. The zero-order valence-corrected chi connectivity index (χ0v) is 11.9. The van der Waals surface area contributed by atoms with Gasteiger partial charge in [0.1, 0.15) is 0 Å². The predicted molar refractivity (Wildman–Crippen MR) is 71.9 cm³/mol. The molecule has 1 aromatic rings. The molecule has 0 aliphatic carbocycles. The van der Waals surface area contributed by atoms with Gasteiger partial charge in [0.15, 0.2) is 0 Å². The van der Waals surface area contributed by atoms with Crippen LogP contribution in [0.4, 0.5) is 0 Å². The molecule has 1 atom stereocenters. The summed E-state index contributed by atoms with van der Waals surface area (Å²) in [5.74, 6) is 0. The Morgan fingerprint density at radius 3 is 2.06 bits per heavy atom. The van der Waals surface area contributed by atoms with Crippen molar-refractivity contribution >= 4 is 22.4 Å². The van der Waals surface area contributed by atoms with Gasteiger partial charge in [0.25, 0.3) is 0 Å². The topological polar surface area (TPSA) is 63.4 Å². The third kappa shape index (κ3) is 4.27. The Balaban J connectivity index is 0.00000256. The molecule has 17 heavy (non-hydrogen) atoms. The highest BCUT2D eigenvalue weighted by molar-refractivity contribution is 7.89. The molecule has 2 N–H and O–H groups in total. The van der Waals surface area contributed by atoms with E-state index >= 15 is 0 Å². The average molecular weight is 279 g/mol. The van der Waals surface area contributed by atoms with E-state index in [2.05, 4.69) is 0 Å². The lowest BCUT2D eigenvalue weighted by atomic mass is 10.1. The maximum Gasteiger partial charge on any atom is 0.242 e. The van der Waals surface area contributed by atoms with Gasteiger partial charge in [0.05, 0.1) is 4.90 Å². The first-order valence-corrected chi connectivity index (χ1v) is 6.55. The van der Waals surface area contributed by atoms with Crippen molar-refractivity contribution in [3.8, 4) is 0 Å². The molecule has 0 aliphatic heterocycles. The molecule has 4 nitrogen and oxygen atoms in total. The van der Waals surface area contributed by atoms with Crippen molar-refractivity contribution in [1.82, 2.24) is 4.31 Å². The van der Waals surface area contributed by atoms with Gasteiger partial charge < -0.3 is 5.73 Å². The van der Waals surface area contributed by atoms with E-state index in [1.165, 1.54) is 18.4 Å². The van der Waals surface area contributed by atoms with Gasteiger partial charge in [0, 0.05) is 20.1 Å². The van der Waals surface area contributed by atoms with Gasteiger partial charge in [-0.2, -0.15) is 0 Å². The van der Waals surface area contributed by atoms with Crippen LogP contribution in [0.3, 0.4) is 0 Å². The second-order valence-electron chi connectivity index (χ2n) is 4.11. The van der Waals surface area contributed by atoms with Crippen molar-refractivity contribution in [2.75, 3.05) is 14.1 Å². The highest BCUT2D eigenvalue weighted by Crippen LogP contribution is 2.14. The minimum atomic E-state index is -3.32. The minimum absolute atomic E-state index is 0. The molecular formula is C11H19ClN2O2S. The van der Waals surface area contributed by atoms with E-state index < -0.39 is 10.0 Å². The summed E-state index contributed by atoms with van der Waals surface area (Å²) in [6.45, 7) is 1.92. The fraction of sp³-hybridized carbons (Fsp3) is 0.455. The van der Waals surface area contributed by atoms with Gasteiger partial charge in [-0.25, -0.2) is 12.7 Å². The monoisotopic (exact) mass is 278 g/mol. The molecule has 0 aromatic heterocycles. The van der Waals surface area contributed by atoms with Crippen molar-refractivity contribution in [2.24, 2.45) is 5.73 Å². The zero-order valence-electron chi connectivity index (χ0n) is 10.3. The molecule has 0 saturated heterocycles. The summed E-state index contributed by atoms with van der Waals surface area (Å²) < 4.78 is 24.7. The van der Waals surface area contributed by atoms with Crippen molar-refractivity contribution in [2.45, 2.75) is 24.3 Å². The van der Waals surface area contributed by atoms with Gasteiger partial charge in [-0.15, -0.1) is 12.4 Å². The minimum Gasteiger partial charge on any atom is -0.328 e. The average Bonchev–Trinajstić information content (AvgIpc) is 2.17. The van der Waals surface area contributed by atoms with Crippen molar-refractivity contribution in [3.63, 3.8) is 0 Å². The van der Waals surface area contributed by atoms with Gasteiger partial charge in [-0.05, 0) is 31.0 Å². The first kappa shape index (κ1) is 16.4. The Bertz CT molecular complexity index is 441. The standard InChI is InChI=1S/C11H18N2O2S.ClH/c1-9(12)8-10-4-6-11(7-5-10)16(14,15)13(2)3;/h4-7,9H,8,12H2,1-3H3;1H. The third-order valence-corrected chi connectivity index (χ3v) is 4.09. The van der Waals surface area contributed by atoms with Gasteiger partial charge in [-0.1, -0.05) is 12.1 Å². The molecule has 98 valence electrons. The molecule has 1 rings (SSSR count). The van der Waals surface area contributed by atoms with E-state index in [-0.39, 0.29) is 18.4 Å². The lowest BCUT2D eigenvalue weighted by molar-refractivity contribution is 0.520.